The quantitative estimate of drug-likeness (QED) is 0.881. The number of hydrogen-bond acceptors (Lipinski definition) is 3. The van der Waals surface area contributed by atoms with Crippen molar-refractivity contribution in [3.05, 3.63) is 35.4 Å². The molecule has 0 aromatic heterocycles. The second-order valence-electron chi connectivity index (χ2n) is 6.34. The van der Waals surface area contributed by atoms with Gasteiger partial charge in [0.05, 0.1) is 0 Å². The van der Waals surface area contributed by atoms with E-state index in [1.165, 1.54) is 4.90 Å². The Hall–Kier alpha value is -1.88. The fraction of sp³-hybridized carbons (Fsp3) is 0.500. The highest BCUT2D eigenvalue weighted by atomic mass is 16.4. The molecule has 0 saturated heterocycles. The minimum atomic E-state index is -0.954. The first-order chi connectivity index (χ1) is 9.78. The Balaban J connectivity index is 2.17. The molecule has 0 aliphatic carbocycles. The maximum atomic E-state index is 12.4. The molecule has 0 bridgehead atoms. The number of aliphatic carboxylic acids is 1. The molecule has 3 N–H and O–H groups in total. The number of nitrogens with zero attached hydrogens (tertiary/aromatic N) is 1. The first-order valence-corrected chi connectivity index (χ1v) is 7.16. The molecule has 0 radical (unpaired) electrons. The van der Waals surface area contributed by atoms with Crippen molar-refractivity contribution in [2.45, 2.75) is 51.2 Å². The van der Waals surface area contributed by atoms with Crippen LogP contribution in [0.4, 0.5) is 0 Å². The lowest BCUT2D eigenvalue weighted by atomic mass is 9.92. The van der Waals surface area contributed by atoms with Crippen molar-refractivity contribution in [2.24, 2.45) is 5.73 Å². The van der Waals surface area contributed by atoms with Gasteiger partial charge in [0.1, 0.15) is 6.04 Å². The van der Waals surface area contributed by atoms with Crippen LogP contribution in [0.3, 0.4) is 0 Å². The molecule has 1 aliphatic heterocycles. The van der Waals surface area contributed by atoms with E-state index in [4.69, 9.17) is 5.73 Å². The molecule has 2 rings (SSSR count). The molecule has 1 aromatic rings. The zero-order valence-corrected chi connectivity index (χ0v) is 12.5. The van der Waals surface area contributed by atoms with Crippen LogP contribution in [0, 0.1) is 0 Å². The summed E-state index contributed by atoms with van der Waals surface area (Å²) in [4.78, 5) is 25.3. The average Bonchev–Trinajstić information content (AvgIpc) is 2.42. The van der Waals surface area contributed by atoms with Crippen LogP contribution >= 0.6 is 0 Å². The summed E-state index contributed by atoms with van der Waals surface area (Å²) in [6, 6.07) is 6.89. The van der Waals surface area contributed by atoms with Crippen LogP contribution < -0.4 is 5.73 Å². The molecule has 1 atom stereocenters. The van der Waals surface area contributed by atoms with Crippen LogP contribution in [-0.2, 0) is 22.6 Å². The van der Waals surface area contributed by atoms with Crippen LogP contribution in [0.2, 0.25) is 0 Å². The van der Waals surface area contributed by atoms with Crippen molar-refractivity contribution >= 4 is 11.9 Å². The standard InChI is InChI=1S/C16H22N2O3/c1-16(2,17)8-7-14(19)18-10-12-6-4-3-5-11(12)9-13(18)15(20)21/h3-6,13H,7-10,17H2,1-2H3,(H,20,21)/t13-/m1/s1. The van der Waals surface area contributed by atoms with Crippen molar-refractivity contribution in [2.75, 3.05) is 0 Å². The van der Waals surface area contributed by atoms with Crippen molar-refractivity contribution in [3.8, 4) is 0 Å². The van der Waals surface area contributed by atoms with E-state index >= 15 is 0 Å². The van der Waals surface area contributed by atoms with Crippen molar-refractivity contribution in [3.63, 3.8) is 0 Å². The van der Waals surface area contributed by atoms with Gasteiger partial charge < -0.3 is 15.7 Å². The molecular formula is C16H22N2O3. The average molecular weight is 290 g/mol. The molecule has 5 heteroatoms. The van der Waals surface area contributed by atoms with Gasteiger partial charge in [-0.3, -0.25) is 4.79 Å². The van der Waals surface area contributed by atoms with Crippen LogP contribution in [-0.4, -0.2) is 33.5 Å². The van der Waals surface area contributed by atoms with Crippen molar-refractivity contribution in [1.82, 2.24) is 4.90 Å². The summed E-state index contributed by atoms with van der Waals surface area (Å²) in [5.74, 6) is -1.10. The van der Waals surface area contributed by atoms with Gasteiger partial charge >= 0.3 is 5.97 Å². The van der Waals surface area contributed by atoms with Crippen LogP contribution in [0.15, 0.2) is 24.3 Å². The summed E-state index contributed by atoms with van der Waals surface area (Å²) < 4.78 is 0. The maximum Gasteiger partial charge on any atom is 0.326 e. The normalized spacial score (nSPS) is 18.2. The monoisotopic (exact) mass is 290 g/mol. The number of benzene rings is 1. The molecule has 21 heavy (non-hydrogen) atoms. The van der Waals surface area contributed by atoms with Crippen LogP contribution in [0.1, 0.15) is 37.8 Å². The number of hydrogen-bond donors (Lipinski definition) is 2. The predicted molar refractivity (Wildman–Crippen MR) is 79.6 cm³/mol. The molecule has 114 valence electrons. The number of nitrogens with two attached hydrogens (primary N) is 1. The van der Waals surface area contributed by atoms with E-state index < -0.39 is 17.6 Å². The summed E-state index contributed by atoms with van der Waals surface area (Å²) in [6.07, 6.45) is 1.18. The summed E-state index contributed by atoms with van der Waals surface area (Å²) >= 11 is 0. The first kappa shape index (κ1) is 15.5. The van der Waals surface area contributed by atoms with Gasteiger partial charge in [-0.1, -0.05) is 24.3 Å². The molecule has 0 fully saturated rings. The molecule has 1 aliphatic rings. The third kappa shape index (κ3) is 3.82. The third-order valence-electron chi connectivity index (χ3n) is 3.84. The Labute approximate surface area is 124 Å². The number of carbonyl (C=O) groups is 2. The van der Waals surface area contributed by atoms with E-state index in [0.29, 0.717) is 19.4 Å². The largest absolute Gasteiger partial charge is 0.480 e. The van der Waals surface area contributed by atoms with Crippen molar-refractivity contribution < 1.29 is 14.7 Å². The highest BCUT2D eigenvalue weighted by molar-refractivity contribution is 5.84. The second-order valence-corrected chi connectivity index (χ2v) is 6.34. The van der Waals surface area contributed by atoms with E-state index in [1.54, 1.807) is 0 Å². The number of carboxylic acid groups (broad SMARTS) is 1. The van der Waals surface area contributed by atoms with E-state index in [-0.39, 0.29) is 12.3 Å². The lowest BCUT2D eigenvalue weighted by Gasteiger charge is -2.35. The smallest absolute Gasteiger partial charge is 0.326 e. The molecule has 0 unspecified atom stereocenters. The number of fused-ring (bicyclic) bond motifs is 1. The van der Waals surface area contributed by atoms with E-state index in [9.17, 15) is 14.7 Å². The Morgan fingerprint density at radius 2 is 1.95 bits per heavy atom. The molecular weight excluding hydrogens is 268 g/mol. The van der Waals surface area contributed by atoms with Gasteiger partial charge in [0.15, 0.2) is 0 Å². The van der Waals surface area contributed by atoms with Crippen molar-refractivity contribution in [1.29, 1.82) is 0 Å². The summed E-state index contributed by atoms with van der Waals surface area (Å²) in [6.45, 7) is 4.08. The van der Waals surface area contributed by atoms with Crippen LogP contribution in [0.5, 0.6) is 0 Å². The molecule has 1 aromatic carbocycles. The van der Waals surface area contributed by atoms with Gasteiger partial charge in [-0.2, -0.15) is 0 Å². The zero-order chi connectivity index (χ0) is 15.6. The first-order valence-electron chi connectivity index (χ1n) is 7.16. The summed E-state index contributed by atoms with van der Waals surface area (Å²) in [5, 5.41) is 9.39. The number of rotatable bonds is 4. The Bertz CT molecular complexity index is 549. The SMILES string of the molecule is CC(C)(N)CCC(=O)N1Cc2ccccc2C[C@@H]1C(=O)O. The van der Waals surface area contributed by atoms with Gasteiger partial charge in [-0.25, -0.2) is 4.79 Å². The molecule has 1 amide bonds. The molecule has 0 saturated carbocycles. The lowest BCUT2D eigenvalue weighted by molar-refractivity contribution is -0.151. The maximum absolute atomic E-state index is 12.4. The summed E-state index contributed by atoms with van der Waals surface area (Å²) in [5.41, 5.74) is 7.50. The predicted octanol–water partition coefficient (Wildman–Crippen LogP) is 1.54. The van der Waals surface area contributed by atoms with E-state index in [1.807, 2.05) is 38.1 Å². The fourth-order valence-electron chi connectivity index (χ4n) is 2.58. The van der Waals surface area contributed by atoms with Gasteiger partial charge in [0.25, 0.3) is 0 Å². The Morgan fingerprint density at radius 1 is 1.33 bits per heavy atom. The van der Waals surface area contributed by atoms with Gasteiger partial charge in [-0.15, -0.1) is 0 Å². The highest BCUT2D eigenvalue weighted by Crippen LogP contribution is 2.25. The minimum absolute atomic E-state index is 0.143. The van der Waals surface area contributed by atoms with Gasteiger partial charge in [0.2, 0.25) is 5.91 Å². The second kappa shape index (κ2) is 5.85. The molecule has 1 heterocycles. The minimum Gasteiger partial charge on any atom is -0.480 e. The number of carboxylic acids is 1. The number of amides is 1. The van der Waals surface area contributed by atoms with Gasteiger partial charge in [-0.05, 0) is 31.4 Å². The Kier molecular flexibility index (Phi) is 4.32. The lowest BCUT2D eigenvalue weighted by Crippen LogP contribution is -2.49. The zero-order valence-electron chi connectivity index (χ0n) is 12.5. The fourth-order valence-corrected chi connectivity index (χ4v) is 2.58. The van der Waals surface area contributed by atoms with E-state index in [2.05, 4.69) is 0 Å². The molecule has 5 nitrogen and oxygen atoms in total. The Morgan fingerprint density at radius 3 is 2.52 bits per heavy atom. The topological polar surface area (TPSA) is 83.6 Å². The molecule has 0 spiro atoms. The third-order valence-corrected chi connectivity index (χ3v) is 3.84. The van der Waals surface area contributed by atoms with E-state index in [0.717, 1.165) is 11.1 Å². The number of carbonyl (C=O) groups excluding carboxylic acids is 1. The van der Waals surface area contributed by atoms with Crippen LogP contribution in [0.25, 0.3) is 0 Å². The summed E-state index contributed by atoms with van der Waals surface area (Å²) in [7, 11) is 0. The highest BCUT2D eigenvalue weighted by Gasteiger charge is 2.34. The van der Waals surface area contributed by atoms with Gasteiger partial charge in [0, 0.05) is 24.9 Å².